The molecular weight excluding hydrogens is 374 g/mol. The van der Waals surface area contributed by atoms with Crippen LogP contribution in [0.3, 0.4) is 0 Å². The molecule has 0 aromatic carbocycles. The number of amides is 1. The minimum Gasteiger partial charge on any atom is -0.379 e. The number of carbonyl (C=O) groups is 1. The molecule has 3 aliphatic heterocycles. The molecule has 150 valence electrons. The number of morpholine rings is 1. The minimum atomic E-state index is -3.15. The lowest BCUT2D eigenvalue weighted by molar-refractivity contribution is -0.127. The molecule has 3 saturated heterocycles. The Morgan fingerprint density at radius 1 is 1.15 bits per heavy atom. The molecule has 0 radical (unpaired) electrons. The number of carbonyl (C=O) groups excluding carboxylic acids is 1. The van der Waals surface area contributed by atoms with Crippen molar-refractivity contribution in [1.29, 1.82) is 0 Å². The topological polar surface area (TPSA) is 79.0 Å². The first-order valence-corrected chi connectivity index (χ1v) is 12.5. The summed E-state index contributed by atoms with van der Waals surface area (Å²) in [7, 11) is -3.15. The molecule has 26 heavy (non-hydrogen) atoms. The number of rotatable bonds is 5. The molecule has 3 fully saturated rings. The van der Waals surface area contributed by atoms with E-state index < -0.39 is 10.0 Å². The molecule has 1 N–H and O–H groups in total. The van der Waals surface area contributed by atoms with Crippen LogP contribution in [-0.4, -0.2) is 92.8 Å². The standard InChI is InChI=1S/C17H31N3O4S2/c1-26(22,23)20-6-2-15(3-7-20)16(21)18-14-17(4-12-25-13-5-17)19-8-10-24-11-9-19/h15H,2-14H2,1H3,(H,18,21). The first-order valence-electron chi connectivity index (χ1n) is 9.54. The number of nitrogens with one attached hydrogen (secondary N) is 1. The summed E-state index contributed by atoms with van der Waals surface area (Å²) in [5.41, 5.74) is 0.0537. The van der Waals surface area contributed by atoms with Crippen LogP contribution in [0.25, 0.3) is 0 Å². The molecule has 0 aromatic rings. The van der Waals surface area contributed by atoms with Gasteiger partial charge in [0.25, 0.3) is 0 Å². The third-order valence-corrected chi connectivity index (χ3v) is 8.28. The van der Waals surface area contributed by atoms with E-state index >= 15 is 0 Å². The molecule has 9 heteroatoms. The van der Waals surface area contributed by atoms with Gasteiger partial charge in [-0.05, 0) is 37.2 Å². The van der Waals surface area contributed by atoms with Gasteiger partial charge in [-0.2, -0.15) is 11.8 Å². The number of nitrogens with zero attached hydrogens (tertiary/aromatic N) is 2. The zero-order valence-electron chi connectivity index (χ0n) is 15.6. The molecule has 0 aliphatic carbocycles. The summed E-state index contributed by atoms with van der Waals surface area (Å²) in [5, 5.41) is 3.22. The van der Waals surface area contributed by atoms with Crippen molar-refractivity contribution in [2.45, 2.75) is 31.2 Å². The van der Waals surface area contributed by atoms with Gasteiger partial charge in [0.05, 0.1) is 19.5 Å². The highest BCUT2D eigenvalue weighted by Gasteiger charge is 2.39. The molecule has 3 aliphatic rings. The summed E-state index contributed by atoms with van der Waals surface area (Å²) in [6.07, 6.45) is 4.66. The molecule has 3 heterocycles. The summed E-state index contributed by atoms with van der Waals surface area (Å²) < 4.78 is 30.2. The van der Waals surface area contributed by atoms with Crippen LogP contribution in [-0.2, 0) is 19.6 Å². The van der Waals surface area contributed by atoms with Crippen molar-refractivity contribution in [3.05, 3.63) is 0 Å². The number of hydrogen-bond acceptors (Lipinski definition) is 6. The maximum Gasteiger partial charge on any atom is 0.223 e. The molecule has 0 aromatic heterocycles. The SMILES string of the molecule is CS(=O)(=O)N1CCC(C(=O)NCC2(N3CCOCC3)CCSCC2)CC1. The fraction of sp³-hybridized carbons (Fsp3) is 0.941. The van der Waals surface area contributed by atoms with E-state index in [0.29, 0.717) is 32.5 Å². The van der Waals surface area contributed by atoms with E-state index in [1.54, 1.807) is 0 Å². The van der Waals surface area contributed by atoms with Gasteiger partial charge in [0.1, 0.15) is 0 Å². The van der Waals surface area contributed by atoms with Gasteiger partial charge >= 0.3 is 0 Å². The van der Waals surface area contributed by atoms with Crippen molar-refractivity contribution in [2.75, 3.05) is 63.7 Å². The highest BCUT2D eigenvalue weighted by Crippen LogP contribution is 2.33. The maximum absolute atomic E-state index is 12.7. The summed E-state index contributed by atoms with van der Waals surface area (Å²) in [5.74, 6) is 2.29. The lowest BCUT2D eigenvalue weighted by Crippen LogP contribution is -2.60. The number of piperidine rings is 1. The van der Waals surface area contributed by atoms with Crippen LogP contribution in [0.2, 0.25) is 0 Å². The average molecular weight is 406 g/mol. The second-order valence-corrected chi connectivity index (χ2v) is 10.8. The maximum atomic E-state index is 12.7. The lowest BCUT2D eigenvalue weighted by Gasteiger charge is -2.48. The van der Waals surface area contributed by atoms with Gasteiger partial charge in [0.2, 0.25) is 15.9 Å². The summed E-state index contributed by atoms with van der Waals surface area (Å²) in [6.45, 7) is 5.00. The molecule has 0 unspecified atom stereocenters. The van der Waals surface area contributed by atoms with Crippen molar-refractivity contribution in [1.82, 2.24) is 14.5 Å². The van der Waals surface area contributed by atoms with E-state index in [9.17, 15) is 13.2 Å². The van der Waals surface area contributed by atoms with Crippen molar-refractivity contribution < 1.29 is 17.9 Å². The van der Waals surface area contributed by atoms with E-state index in [4.69, 9.17) is 4.74 Å². The van der Waals surface area contributed by atoms with Crippen LogP contribution in [0.1, 0.15) is 25.7 Å². The Hall–Kier alpha value is -0.350. The van der Waals surface area contributed by atoms with Crippen molar-refractivity contribution in [2.24, 2.45) is 5.92 Å². The third-order valence-electron chi connectivity index (χ3n) is 5.99. The van der Waals surface area contributed by atoms with Crippen molar-refractivity contribution >= 4 is 27.7 Å². The highest BCUT2D eigenvalue weighted by atomic mass is 32.2. The highest BCUT2D eigenvalue weighted by molar-refractivity contribution is 7.99. The Kier molecular flexibility index (Phi) is 6.88. The average Bonchev–Trinajstić information content (AvgIpc) is 2.67. The van der Waals surface area contributed by atoms with E-state index in [1.807, 2.05) is 11.8 Å². The van der Waals surface area contributed by atoms with Crippen molar-refractivity contribution in [3.63, 3.8) is 0 Å². The van der Waals surface area contributed by atoms with Crippen LogP contribution in [0.15, 0.2) is 0 Å². The van der Waals surface area contributed by atoms with Gasteiger partial charge in [0.15, 0.2) is 0 Å². The van der Waals surface area contributed by atoms with Crippen LogP contribution in [0, 0.1) is 5.92 Å². The molecule has 7 nitrogen and oxygen atoms in total. The molecule has 0 spiro atoms. The summed E-state index contributed by atoms with van der Waals surface area (Å²) in [4.78, 5) is 15.2. The van der Waals surface area contributed by atoms with Crippen LogP contribution in [0.4, 0.5) is 0 Å². The molecule has 1 amide bonds. The van der Waals surface area contributed by atoms with Gasteiger partial charge in [-0.15, -0.1) is 0 Å². The second-order valence-electron chi connectivity index (χ2n) is 7.59. The largest absolute Gasteiger partial charge is 0.379 e. The number of ether oxygens (including phenoxy) is 1. The van der Waals surface area contributed by atoms with E-state index in [1.165, 1.54) is 10.6 Å². The normalized spacial score (nSPS) is 26.5. The molecule has 0 atom stereocenters. The molecule has 3 rings (SSSR count). The third kappa shape index (κ3) is 4.92. The predicted octanol–water partition coefficient (Wildman–Crippen LogP) is 0.372. The van der Waals surface area contributed by atoms with E-state index in [2.05, 4.69) is 10.2 Å². The fourth-order valence-electron chi connectivity index (χ4n) is 4.24. The summed E-state index contributed by atoms with van der Waals surface area (Å²) >= 11 is 1.99. The zero-order chi connectivity index (χ0) is 18.6. The monoisotopic (exact) mass is 405 g/mol. The van der Waals surface area contributed by atoms with Crippen LogP contribution >= 0.6 is 11.8 Å². The number of sulfonamides is 1. The smallest absolute Gasteiger partial charge is 0.223 e. The van der Waals surface area contributed by atoms with Gasteiger partial charge in [-0.3, -0.25) is 9.69 Å². The van der Waals surface area contributed by atoms with Crippen LogP contribution in [0.5, 0.6) is 0 Å². The molecule has 0 bridgehead atoms. The second kappa shape index (κ2) is 8.77. The van der Waals surface area contributed by atoms with Gasteiger partial charge < -0.3 is 10.1 Å². The lowest BCUT2D eigenvalue weighted by atomic mass is 9.88. The molecule has 0 saturated carbocycles. The van der Waals surface area contributed by atoms with Crippen LogP contribution < -0.4 is 5.32 Å². The predicted molar refractivity (Wildman–Crippen MR) is 104 cm³/mol. The Balaban J connectivity index is 1.54. The van der Waals surface area contributed by atoms with Gasteiger partial charge in [-0.25, -0.2) is 12.7 Å². The first-order chi connectivity index (χ1) is 12.4. The van der Waals surface area contributed by atoms with E-state index in [0.717, 1.165) is 50.7 Å². The Morgan fingerprint density at radius 2 is 1.77 bits per heavy atom. The number of hydrogen-bond donors (Lipinski definition) is 1. The fourth-order valence-corrected chi connectivity index (χ4v) is 6.37. The van der Waals surface area contributed by atoms with Crippen molar-refractivity contribution in [3.8, 4) is 0 Å². The van der Waals surface area contributed by atoms with Gasteiger partial charge in [-0.1, -0.05) is 0 Å². The quantitative estimate of drug-likeness (QED) is 0.712. The Labute approximate surface area is 161 Å². The Bertz CT molecular complexity index is 579. The Morgan fingerprint density at radius 3 is 2.35 bits per heavy atom. The first kappa shape index (κ1) is 20.4. The zero-order valence-corrected chi connectivity index (χ0v) is 17.2. The molecular formula is C17H31N3O4S2. The minimum absolute atomic E-state index is 0.0537. The van der Waals surface area contributed by atoms with Gasteiger partial charge in [0, 0.05) is 44.2 Å². The number of thioether (sulfide) groups is 1. The van der Waals surface area contributed by atoms with E-state index in [-0.39, 0.29) is 17.4 Å². The summed E-state index contributed by atoms with van der Waals surface area (Å²) in [6, 6.07) is 0.